The molecule has 0 aliphatic heterocycles. The van der Waals surface area contributed by atoms with Crippen LogP contribution in [0, 0.1) is 0 Å². The van der Waals surface area contributed by atoms with Gasteiger partial charge in [-0.25, -0.2) is 19.7 Å². The third-order valence-corrected chi connectivity index (χ3v) is 3.38. The van der Waals surface area contributed by atoms with Crippen molar-refractivity contribution in [3.63, 3.8) is 0 Å². The molecule has 0 saturated heterocycles. The Labute approximate surface area is 142 Å². The Balaban J connectivity index is 1.71. The van der Waals surface area contributed by atoms with E-state index in [1.807, 2.05) is 0 Å². The van der Waals surface area contributed by atoms with Gasteiger partial charge in [-0.1, -0.05) is 18.2 Å². The summed E-state index contributed by atoms with van der Waals surface area (Å²) in [6.07, 6.45) is 7.33. The zero-order valence-electron chi connectivity index (χ0n) is 13.0. The van der Waals surface area contributed by atoms with E-state index in [1.165, 1.54) is 37.1 Å². The largest absolute Gasteiger partial charge is 0.478 e. The number of rotatable bonds is 5. The van der Waals surface area contributed by atoms with Crippen molar-refractivity contribution in [3.8, 4) is 11.1 Å². The molecule has 8 heteroatoms. The lowest BCUT2D eigenvalue weighted by atomic mass is 10.0. The fourth-order valence-electron chi connectivity index (χ4n) is 2.17. The molecular weight excluding hydrogens is 322 g/mol. The summed E-state index contributed by atoms with van der Waals surface area (Å²) in [6.45, 7) is 0.121. The normalized spacial score (nSPS) is 10.2. The molecule has 2 heterocycles. The van der Waals surface area contributed by atoms with Gasteiger partial charge >= 0.3 is 5.97 Å². The van der Waals surface area contributed by atoms with Gasteiger partial charge in [-0.05, 0) is 11.6 Å². The van der Waals surface area contributed by atoms with Crippen LogP contribution in [0.3, 0.4) is 0 Å². The molecule has 0 saturated carbocycles. The van der Waals surface area contributed by atoms with Gasteiger partial charge in [0.2, 0.25) is 0 Å². The standard InChI is InChI=1S/C17H13N5O3/c23-16(14-9-18-5-6-19-14)22-10-15-20-7-11(8-21-15)12-3-1-2-4-13(12)17(24)25/h1-9H,10H2,(H,22,23)(H,24,25). The number of carboxylic acids is 1. The van der Waals surface area contributed by atoms with E-state index in [-0.39, 0.29) is 23.7 Å². The van der Waals surface area contributed by atoms with E-state index in [0.717, 1.165) is 0 Å². The third kappa shape index (κ3) is 3.81. The first-order valence-corrected chi connectivity index (χ1v) is 7.33. The molecule has 0 spiro atoms. The maximum atomic E-state index is 11.9. The number of nitrogens with zero attached hydrogens (tertiary/aromatic N) is 4. The number of hydrogen-bond acceptors (Lipinski definition) is 6. The van der Waals surface area contributed by atoms with Gasteiger partial charge in [-0.15, -0.1) is 0 Å². The third-order valence-electron chi connectivity index (χ3n) is 3.38. The van der Waals surface area contributed by atoms with Gasteiger partial charge in [0, 0.05) is 30.4 Å². The van der Waals surface area contributed by atoms with E-state index >= 15 is 0 Å². The number of aromatic nitrogens is 4. The number of aromatic carboxylic acids is 1. The number of carboxylic acid groups (broad SMARTS) is 1. The molecule has 124 valence electrons. The summed E-state index contributed by atoms with van der Waals surface area (Å²) in [7, 11) is 0. The van der Waals surface area contributed by atoms with E-state index in [2.05, 4.69) is 25.3 Å². The molecule has 0 unspecified atom stereocenters. The molecule has 2 aromatic heterocycles. The lowest BCUT2D eigenvalue weighted by molar-refractivity contribution is 0.0697. The Bertz CT molecular complexity index is 898. The Morgan fingerprint density at radius 2 is 1.76 bits per heavy atom. The van der Waals surface area contributed by atoms with E-state index < -0.39 is 5.97 Å². The van der Waals surface area contributed by atoms with Crippen molar-refractivity contribution in [1.29, 1.82) is 0 Å². The minimum Gasteiger partial charge on any atom is -0.478 e. The Kier molecular flexibility index (Phi) is 4.70. The minimum absolute atomic E-state index is 0.121. The first-order chi connectivity index (χ1) is 12.1. The second-order valence-corrected chi connectivity index (χ2v) is 5.01. The predicted molar refractivity (Wildman–Crippen MR) is 87.6 cm³/mol. The van der Waals surface area contributed by atoms with Gasteiger partial charge < -0.3 is 10.4 Å². The van der Waals surface area contributed by atoms with Crippen LogP contribution in [0.2, 0.25) is 0 Å². The summed E-state index contributed by atoms with van der Waals surface area (Å²) in [5, 5.41) is 11.9. The molecule has 0 fully saturated rings. The number of carbonyl (C=O) groups excluding carboxylic acids is 1. The molecule has 1 aromatic carbocycles. The van der Waals surface area contributed by atoms with Gasteiger partial charge in [-0.2, -0.15) is 0 Å². The minimum atomic E-state index is -1.02. The molecule has 3 aromatic rings. The summed E-state index contributed by atoms with van der Waals surface area (Å²) >= 11 is 0. The molecule has 8 nitrogen and oxygen atoms in total. The molecule has 1 amide bonds. The zero-order chi connectivity index (χ0) is 17.6. The van der Waals surface area contributed by atoms with Crippen molar-refractivity contribution in [3.05, 3.63) is 72.3 Å². The van der Waals surface area contributed by atoms with Crippen molar-refractivity contribution >= 4 is 11.9 Å². The summed E-state index contributed by atoms with van der Waals surface area (Å²) < 4.78 is 0. The van der Waals surface area contributed by atoms with Crippen molar-refractivity contribution in [2.75, 3.05) is 0 Å². The van der Waals surface area contributed by atoms with Crippen molar-refractivity contribution in [1.82, 2.24) is 25.3 Å². The molecule has 3 rings (SSSR count). The molecule has 2 N–H and O–H groups in total. The molecule has 0 atom stereocenters. The number of benzene rings is 1. The van der Waals surface area contributed by atoms with E-state index in [1.54, 1.807) is 18.2 Å². The lowest BCUT2D eigenvalue weighted by Crippen LogP contribution is -2.24. The van der Waals surface area contributed by atoms with Crippen LogP contribution in [0.15, 0.2) is 55.2 Å². The first kappa shape index (κ1) is 16.2. The zero-order valence-corrected chi connectivity index (χ0v) is 13.0. The first-order valence-electron chi connectivity index (χ1n) is 7.33. The number of amides is 1. The maximum Gasteiger partial charge on any atom is 0.336 e. The molecule has 0 aliphatic carbocycles. The van der Waals surface area contributed by atoms with Crippen molar-refractivity contribution in [2.45, 2.75) is 6.54 Å². The summed E-state index contributed by atoms with van der Waals surface area (Å²) in [4.78, 5) is 39.2. The highest BCUT2D eigenvalue weighted by Crippen LogP contribution is 2.22. The molecule has 0 aliphatic rings. The molecule has 0 bridgehead atoms. The van der Waals surface area contributed by atoms with Crippen LogP contribution in [0.5, 0.6) is 0 Å². The summed E-state index contributed by atoms with van der Waals surface area (Å²) in [5.41, 5.74) is 1.50. The lowest BCUT2D eigenvalue weighted by Gasteiger charge is -2.07. The van der Waals surface area contributed by atoms with Gasteiger partial charge in [0.15, 0.2) is 0 Å². The van der Waals surface area contributed by atoms with Crippen LogP contribution >= 0.6 is 0 Å². The van der Waals surface area contributed by atoms with E-state index in [9.17, 15) is 14.7 Å². The summed E-state index contributed by atoms with van der Waals surface area (Å²) in [6, 6.07) is 6.62. The Morgan fingerprint density at radius 3 is 2.44 bits per heavy atom. The second-order valence-electron chi connectivity index (χ2n) is 5.01. The predicted octanol–water partition coefficient (Wildman–Crippen LogP) is 1.56. The topological polar surface area (TPSA) is 118 Å². The van der Waals surface area contributed by atoms with Crippen LogP contribution in [0.1, 0.15) is 26.7 Å². The average Bonchev–Trinajstić information content (AvgIpc) is 2.67. The van der Waals surface area contributed by atoms with Crippen molar-refractivity contribution in [2.24, 2.45) is 0 Å². The fraction of sp³-hybridized carbons (Fsp3) is 0.0588. The van der Waals surface area contributed by atoms with Crippen LogP contribution in [0.4, 0.5) is 0 Å². The quantitative estimate of drug-likeness (QED) is 0.726. The Hall–Kier alpha value is -3.68. The number of nitrogens with one attached hydrogen (secondary N) is 1. The monoisotopic (exact) mass is 335 g/mol. The van der Waals surface area contributed by atoms with Crippen LogP contribution in [-0.4, -0.2) is 36.9 Å². The van der Waals surface area contributed by atoms with Crippen LogP contribution in [0.25, 0.3) is 11.1 Å². The second kappa shape index (κ2) is 7.26. The van der Waals surface area contributed by atoms with Gasteiger partial charge in [0.05, 0.1) is 18.3 Å². The van der Waals surface area contributed by atoms with E-state index in [4.69, 9.17) is 0 Å². The molecular formula is C17H13N5O3. The average molecular weight is 335 g/mol. The van der Waals surface area contributed by atoms with Crippen LogP contribution < -0.4 is 5.32 Å². The summed E-state index contributed by atoms with van der Waals surface area (Å²) in [5.74, 6) is -0.998. The Morgan fingerprint density at radius 1 is 1.00 bits per heavy atom. The molecule has 0 radical (unpaired) electrons. The molecule has 25 heavy (non-hydrogen) atoms. The maximum absolute atomic E-state index is 11.9. The van der Waals surface area contributed by atoms with Gasteiger partial charge in [0.1, 0.15) is 11.5 Å². The van der Waals surface area contributed by atoms with Crippen LogP contribution in [-0.2, 0) is 6.54 Å². The van der Waals surface area contributed by atoms with E-state index in [0.29, 0.717) is 17.0 Å². The van der Waals surface area contributed by atoms with Gasteiger partial charge in [0.25, 0.3) is 5.91 Å². The van der Waals surface area contributed by atoms with Gasteiger partial charge in [-0.3, -0.25) is 9.78 Å². The van der Waals surface area contributed by atoms with Crippen molar-refractivity contribution < 1.29 is 14.7 Å². The fourth-order valence-corrected chi connectivity index (χ4v) is 2.17. The smallest absolute Gasteiger partial charge is 0.336 e. The SMILES string of the molecule is O=C(NCc1ncc(-c2ccccc2C(=O)O)cn1)c1cnccn1. The highest BCUT2D eigenvalue weighted by molar-refractivity contribution is 5.95. The highest BCUT2D eigenvalue weighted by Gasteiger charge is 2.12. The number of hydrogen-bond donors (Lipinski definition) is 2. The number of carbonyl (C=O) groups is 2. The highest BCUT2D eigenvalue weighted by atomic mass is 16.4.